The number of carbonyl (C=O) groups is 3. The Balaban J connectivity index is 2.33. The van der Waals surface area contributed by atoms with Gasteiger partial charge in [-0.1, -0.05) is 5.11 Å². The molecule has 0 saturated heterocycles. The van der Waals surface area contributed by atoms with Crippen LogP contribution in [-0.4, -0.2) is 75.5 Å². The third-order valence-electron chi connectivity index (χ3n) is 3.97. The molecule has 1 rings (SSSR count). The van der Waals surface area contributed by atoms with Gasteiger partial charge in [0.1, 0.15) is 11.8 Å². The number of ether oxygens (including phenoxy) is 3. The van der Waals surface area contributed by atoms with Crippen LogP contribution in [0.15, 0.2) is 23.3 Å². The van der Waals surface area contributed by atoms with Gasteiger partial charge in [-0.3, -0.25) is 14.4 Å². The highest BCUT2D eigenvalue weighted by Gasteiger charge is 2.13. The first-order valence-electron chi connectivity index (χ1n) is 10.1. The van der Waals surface area contributed by atoms with E-state index < -0.39 is 11.8 Å². The van der Waals surface area contributed by atoms with Gasteiger partial charge in [0.15, 0.2) is 5.78 Å². The van der Waals surface area contributed by atoms with Crippen LogP contribution in [0.4, 0.5) is 11.4 Å². The second kappa shape index (κ2) is 18.1. The lowest BCUT2D eigenvalue weighted by Gasteiger charge is -2.13. The molecule has 1 aromatic rings. The number of alkyl halides is 2. The fraction of sp³-hybridized carbons (Fsp3) is 0.550. The maximum absolute atomic E-state index is 12.5. The fourth-order valence-corrected chi connectivity index (χ4v) is 2.60. The van der Waals surface area contributed by atoms with E-state index in [1.54, 1.807) is 6.07 Å². The van der Waals surface area contributed by atoms with Crippen LogP contribution in [0, 0.1) is 0 Å². The van der Waals surface area contributed by atoms with E-state index >= 15 is 0 Å². The van der Waals surface area contributed by atoms with Crippen molar-refractivity contribution in [2.24, 2.45) is 5.11 Å². The third kappa shape index (κ3) is 13.0. The Morgan fingerprint density at radius 1 is 0.879 bits per heavy atom. The van der Waals surface area contributed by atoms with E-state index in [2.05, 4.69) is 20.7 Å². The average Bonchev–Trinajstić information content (AvgIpc) is 2.82. The molecule has 13 heteroatoms. The summed E-state index contributed by atoms with van der Waals surface area (Å²) < 4.78 is 16.0. The quantitative estimate of drug-likeness (QED) is 0.0781. The molecule has 0 bridgehead atoms. The minimum Gasteiger partial charge on any atom is -0.379 e. The van der Waals surface area contributed by atoms with Crippen LogP contribution in [0.25, 0.3) is 10.4 Å². The van der Waals surface area contributed by atoms with Crippen molar-refractivity contribution < 1.29 is 28.6 Å². The number of benzene rings is 1. The van der Waals surface area contributed by atoms with Gasteiger partial charge in [0.05, 0.1) is 44.4 Å². The molecule has 0 radical (unpaired) electrons. The average molecular weight is 504 g/mol. The number of ketones is 1. The lowest BCUT2D eigenvalue weighted by atomic mass is 10.0. The maximum Gasteiger partial charge on any atom is 0.239 e. The largest absolute Gasteiger partial charge is 0.379 e. The molecule has 0 unspecified atom stereocenters. The van der Waals surface area contributed by atoms with Crippen molar-refractivity contribution in [3.63, 3.8) is 0 Å². The molecule has 2 N–H and O–H groups in total. The molecule has 0 aliphatic rings. The summed E-state index contributed by atoms with van der Waals surface area (Å²) in [4.78, 5) is 38.3. The van der Waals surface area contributed by atoms with Crippen LogP contribution >= 0.6 is 23.2 Å². The normalized spacial score (nSPS) is 10.4. The number of nitrogens with zero attached hydrogens (tertiary/aromatic N) is 3. The lowest BCUT2D eigenvalue weighted by Crippen LogP contribution is -2.18. The summed E-state index contributed by atoms with van der Waals surface area (Å²) in [5.41, 5.74) is 9.08. The van der Waals surface area contributed by atoms with Crippen molar-refractivity contribution in [1.29, 1.82) is 0 Å². The Hall–Kier alpha value is -2.40. The predicted molar refractivity (Wildman–Crippen MR) is 125 cm³/mol. The Kier molecular flexibility index (Phi) is 15.7. The zero-order chi connectivity index (χ0) is 24.3. The van der Waals surface area contributed by atoms with Crippen molar-refractivity contribution in [3.8, 4) is 0 Å². The van der Waals surface area contributed by atoms with E-state index in [0.29, 0.717) is 57.3 Å². The summed E-state index contributed by atoms with van der Waals surface area (Å²) in [6.07, 6.45) is 0.756. The zero-order valence-corrected chi connectivity index (χ0v) is 19.6. The molecule has 1 aromatic carbocycles. The van der Waals surface area contributed by atoms with Crippen molar-refractivity contribution in [1.82, 2.24) is 0 Å². The van der Waals surface area contributed by atoms with Gasteiger partial charge in [-0.15, -0.1) is 23.2 Å². The molecular formula is C20H27Cl2N5O6. The van der Waals surface area contributed by atoms with Crippen LogP contribution in [-0.2, 0) is 23.8 Å². The molecule has 11 nitrogen and oxygen atoms in total. The number of halogens is 2. The SMILES string of the molecule is [N-]=[N+]=NCCOCCOCCOCCCC(=O)c1ccc(NC(=O)CCl)c(NC(=O)CCl)c1. The first-order chi connectivity index (χ1) is 16.0. The molecular weight excluding hydrogens is 477 g/mol. The van der Waals surface area contributed by atoms with Gasteiger partial charge in [0, 0.05) is 30.0 Å². The highest BCUT2D eigenvalue weighted by Crippen LogP contribution is 2.24. The topological polar surface area (TPSA) is 152 Å². The van der Waals surface area contributed by atoms with Gasteiger partial charge in [0.2, 0.25) is 11.8 Å². The van der Waals surface area contributed by atoms with E-state index in [1.807, 2.05) is 0 Å². The Labute approximate surface area is 201 Å². The molecule has 0 saturated carbocycles. The molecule has 0 spiro atoms. The number of nitrogens with one attached hydrogen (secondary N) is 2. The summed E-state index contributed by atoms with van der Waals surface area (Å²) in [6.45, 7) is 2.61. The summed E-state index contributed by atoms with van der Waals surface area (Å²) in [5, 5.41) is 8.46. The first kappa shape index (κ1) is 28.6. The Morgan fingerprint density at radius 2 is 1.45 bits per heavy atom. The van der Waals surface area contributed by atoms with E-state index in [0.717, 1.165) is 0 Å². The van der Waals surface area contributed by atoms with Crippen LogP contribution in [0.1, 0.15) is 23.2 Å². The minimum atomic E-state index is -0.474. The number of rotatable bonds is 18. The standard InChI is InChI=1S/C20H27Cl2N5O6/c21-13-19(29)25-16-4-3-15(12-17(16)26-20(30)14-22)18(28)2-1-6-31-8-10-33-11-9-32-7-5-24-27-23/h3-4,12H,1-2,5-11,13-14H2,(H,25,29)(H,26,30). The number of hydrogen-bond acceptors (Lipinski definition) is 7. The van der Waals surface area contributed by atoms with Crippen LogP contribution < -0.4 is 10.6 Å². The van der Waals surface area contributed by atoms with Crippen molar-refractivity contribution in [3.05, 3.63) is 34.2 Å². The lowest BCUT2D eigenvalue weighted by molar-refractivity contribution is -0.114. The molecule has 0 aliphatic carbocycles. The Bertz CT molecular complexity index is 820. The van der Waals surface area contributed by atoms with E-state index in [9.17, 15) is 14.4 Å². The summed E-state index contributed by atoms with van der Waals surface area (Å²) in [6, 6.07) is 4.57. The van der Waals surface area contributed by atoms with E-state index in [4.69, 9.17) is 42.9 Å². The van der Waals surface area contributed by atoms with Gasteiger partial charge in [0.25, 0.3) is 0 Å². The molecule has 0 fully saturated rings. The van der Waals surface area contributed by atoms with E-state index in [1.165, 1.54) is 12.1 Å². The summed E-state index contributed by atoms with van der Waals surface area (Å²) in [7, 11) is 0. The van der Waals surface area contributed by atoms with Gasteiger partial charge < -0.3 is 24.8 Å². The number of amides is 2. The van der Waals surface area contributed by atoms with Gasteiger partial charge in [-0.05, 0) is 30.2 Å². The van der Waals surface area contributed by atoms with Gasteiger partial charge in [-0.25, -0.2) is 0 Å². The van der Waals surface area contributed by atoms with E-state index in [-0.39, 0.29) is 36.2 Å². The smallest absolute Gasteiger partial charge is 0.239 e. The van der Waals surface area contributed by atoms with Crippen LogP contribution in [0.3, 0.4) is 0 Å². The molecule has 2 amide bonds. The van der Waals surface area contributed by atoms with Gasteiger partial charge in [-0.2, -0.15) is 0 Å². The second-order valence-electron chi connectivity index (χ2n) is 6.44. The number of carbonyl (C=O) groups excluding carboxylic acids is 3. The number of anilines is 2. The fourth-order valence-electron chi connectivity index (χ4n) is 2.47. The highest BCUT2D eigenvalue weighted by molar-refractivity contribution is 6.30. The Morgan fingerprint density at radius 3 is 2.06 bits per heavy atom. The second-order valence-corrected chi connectivity index (χ2v) is 6.98. The zero-order valence-electron chi connectivity index (χ0n) is 18.1. The minimum absolute atomic E-state index is 0.135. The van der Waals surface area contributed by atoms with Crippen molar-refractivity contribution in [2.45, 2.75) is 12.8 Å². The number of azide groups is 1. The molecule has 0 heterocycles. The van der Waals surface area contributed by atoms with Crippen molar-refractivity contribution in [2.75, 3.05) is 68.6 Å². The summed E-state index contributed by atoms with van der Waals surface area (Å²) in [5.74, 6) is -1.58. The number of hydrogen-bond donors (Lipinski definition) is 2. The number of Topliss-reactive ketones (excluding diaryl/α,β-unsaturated/α-hetero) is 1. The third-order valence-corrected chi connectivity index (χ3v) is 4.45. The highest BCUT2D eigenvalue weighted by atomic mass is 35.5. The molecule has 0 aromatic heterocycles. The molecule has 0 aliphatic heterocycles. The first-order valence-corrected chi connectivity index (χ1v) is 11.2. The van der Waals surface area contributed by atoms with Gasteiger partial charge >= 0.3 is 0 Å². The van der Waals surface area contributed by atoms with Crippen LogP contribution in [0.2, 0.25) is 0 Å². The summed E-state index contributed by atoms with van der Waals surface area (Å²) >= 11 is 11.0. The monoisotopic (exact) mass is 503 g/mol. The predicted octanol–water partition coefficient (Wildman–Crippen LogP) is 3.36. The molecule has 33 heavy (non-hydrogen) atoms. The van der Waals surface area contributed by atoms with Crippen molar-refractivity contribution >= 4 is 52.2 Å². The maximum atomic E-state index is 12.5. The molecule has 182 valence electrons. The molecule has 0 atom stereocenters. The van der Waals surface area contributed by atoms with Crippen LogP contribution in [0.5, 0.6) is 0 Å².